The van der Waals surface area contributed by atoms with Crippen molar-refractivity contribution in [1.29, 1.82) is 0 Å². The van der Waals surface area contributed by atoms with Gasteiger partial charge in [0.25, 0.3) is 5.91 Å². The molecule has 1 amide bonds. The van der Waals surface area contributed by atoms with Crippen LogP contribution < -0.4 is 0 Å². The Kier molecular flexibility index (Phi) is 7.85. The Balaban J connectivity index is 1.69. The molecule has 2 saturated heterocycles. The maximum absolute atomic E-state index is 13.0. The number of carbonyl (C=O) groups is 2. The number of hydrogen-bond donors (Lipinski definition) is 0. The normalized spacial score (nSPS) is 21.2. The van der Waals surface area contributed by atoms with Crippen molar-refractivity contribution < 1.29 is 31.2 Å². The van der Waals surface area contributed by atoms with E-state index in [4.69, 9.17) is 16.3 Å². The van der Waals surface area contributed by atoms with Gasteiger partial charge in [0.1, 0.15) is 4.90 Å². The maximum Gasteiger partial charge on any atom is 0.338 e. The van der Waals surface area contributed by atoms with Crippen molar-refractivity contribution in [2.45, 2.75) is 43.5 Å². The molecular formula is C20H27ClN2O7S2. The van der Waals surface area contributed by atoms with Gasteiger partial charge in [-0.3, -0.25) is 4.79 Å². The quantitative estimate of drug-likeness (QED) is 0.516. The molecule has 0 N–H and O–H groups in total. The summed E-state index contributed by atoms with van der Waals surface area (Å²) in [5.41, 5.74) is -0.0377. The molecule has 1 aromatic carbocycles. The molecule has 0 aliphatic carbocycles. The monoisotopic (exact) mass is 506 g/mol. The number of nitrogens with zero attached hydrogens (tertiary/aromatic N) is 2. The molecule has 0 saturated carbocycles. The first-order valence-electron chi connectivity index (χ1n) is 10.5. The van der Waals surface area contributed by atoms with Crippen LogP contribution in [0.25, 0.3) is 0 Å². The molecular weight excluding hydrogens is 480 g/mol. The van der Waals surface area contributed by atoms with E-state index in [-0.39, 0.29) is 33.5 Å². The third kappa shape index (κ3) is 5.62. The minimum Gasteiger partial charge on any atom is -0.452 e. The first kappa shape index (κ1) is 24.9. The molecule has 9 nitrogen and oxygen atoms in total. The predicted octanol–water partition coefficient (Wildman–Crippen LogP) is 1.71. The summed E-state index contributed by atoms with van der Waals surface area (Å²) < 4.78 is 55.8. The summed E-state index contributed by atoms with van der Waals surface area (Å²) in [4.78, 5) is 26.3. The molecule has 3 rings (SSSR count). The number of rotatable bonds is 7. The Morgan fingerprint density at radius 2 is 1.91 bits per heavy atom. The fourth-order valence-corrected chi connectivity index (χ4v) is 7.77. The lowest BCUT2D eigenvalue weighted by molar-refractivity contribution is -0.136. The number of hydrogen-bond acceptors (Lipinski definition) is 7. The first-order valence-corrected chi connectivity index (χ1v) is 14.2. The van der Waals surface area contributed by atoms with Gasteiger partial charge in [0.15, 0.2) is 16.4 Å². The minimum atomic E-state index is -3.86. The second kappa shape index (κ2) is 10.1. The third-order valence-corrected chi connectivity index (χ3v) is 9.87. The zero-order chi connectivity index (χ0) is 23.5. The molecule has 178 valence electrons. The van der Waals surface area contributed by atoms with Gasteiger partial charge in [-0.1, -0.05) is 18.0 Å². The summed E-state index contributed by atoms with van der Waals surface area (Å²) in [6.45, 7) is 2.23. The molecule has 0 unspecified atom stereocenters. The van der Waals surface area contributed by atoms with E-state index in [1.54, 1.807) is 6.92 Å². The van der Waals surface area contributed by atoms with Gasteiger partial charge in [-0.25, -0.2) is 21.6 Å². The Hall–Kier alpha value is -1.69. The molecule has 0 spiro atoms. The van der Waals surface area contributed by atoms with Gasteiger partial charge >= 0.3 is 5.97 Å². The Morgan fingerprint density at radius 1 is 1.22 bits per heavy atom. The number of halogens is 1. The minimum absolute atomic E-state index is 0.00259. The van der Waals surface area contributed by atoms with Crippen molar-refractivity contribution in [3.05, 3.63) is 28.8 Å². The average Bonchev–Trinajstić information content (AvgIpc) is 3.12. The summed E-state index contributed by atoms with van der Waals surface area (Å²) in [7, 11) is -7.02. The maximum atomic E-state index is 13.0. The van der Waals surface area contributed by atoms with E-state index in [0.29, 0.717) is 19.5 Å². The first-order chi connectivity index (χ1) is 15.0. The molecule has 32 heavy (non-hydrogen) atoms. The number of esters is 1. The number of carbonyl (C=O) groups excluding carboxylic acids is 2. The topological polar surface area (TPSA) is 118 Å². The molecule has 2 aliphatic heterocycles. The van der Waals surface area contributed by atoms with E-state index in [2.05, 4.69) is 0 Å². The van der Waals surface area contributed by atoms with Crippen molar-refractivity contribution in [3.8, 4) is 0 Å². The van der Waals surface area contributed by atoms with Crippen LogP contribution in [0.4, 0.5) is 0 Å². The zero-order valence-corrected chi connectivity index (χ0v) is 20.2. The summed E-state index contributed by atoms with van der Waals surface area (Å²) in [5.74, 6) is -1.44. The van der Waals surface area contributed by atoms with E-state index in [9.17, 15) is 26.4 Å². The van der Waals surface area contributed by atoms with E-state index < -0.39 is 44.4 Å². The fraction of sp³-hybridized carbons (Fsp3) is 0.600. The van der Waals surface area contributed by atoms with Gasteiger partial charge in [0.2, 0.25) is 10.0 Å². The van der Waals surface area contributed by atoms with Crippen molar-refractivity contribution in [3.63, 3.8) is 0 Å². The van der Waals surface area contributed by atoms with Crippen LogP contribution in [0.5, 0.6) is 0 Å². The lowest BCUT2D eigenvalue weighted by Gasteiger charge is -2.27. The number of sulfonamides is 1. The van der Waals surface area contributed by atoms with E-state index in [1.165, 1.54) is 27.4 Å². The predicted molar refractivity (Wildman–Crippen MR) is 119 cm³/mol. The van der Waals surface area contributed by atoms with Crippen LogP contribution in [0.1, 0.15) is 43.0 Å². The van der Waals surface area contributed by atoms with Crippen molar-refractivity contribution in [2.24, 2.45) is 0 Å². The van der Waals surface area contributed by atoms with Gasteiger partial charge in [0.05, 0.1) is 22.1 Å². The van der Waals surface area contributed by atoms with Crippen molar-refractivity contribution >= 4 is 43.3 Å². The molecule has 1 aromatic rings. The second-order valence-electron chi connectivity index (χ2n) is 7.92. The van der Waals surface area contributed by atoms with Gasteiger partial charge < -0.3 is 9.64 Å². The molecule has 0 bridgehead atoms. The van der Waals surface area contributed by atoms with Gasteiger partial charge in [0, 0.05) is 25.7 Å². The molecule has 0 radical (unpaired) electrons. The number of likely N-dealkylation sites (N-methyl/N-ethyl adjacent to an activating group) is 1. The second-order valence-corrected chi connectivity index (χ2v) is 12.5. The Bertz CT molecular complexity index is 1080. The van der Waals surface area contributed by atoms with Crippen LogP contribution in [-0.4, -0.2) is 81.7 Å². The van der Waals surface area contributed by atoms with Crippen LogP contribution in [0.2, 0.25) is 5.02 Å². The molecule has 2 heterocycles. The van der Waals surface area contributed by atoms with Crippen LogP contribution >= 0.6 is 11.6 Å². The molecule has 2 aliphatic rings. The van der Waals surface area contributed by atoms with Crippen LogP contribution in [0.3, 0.4) is 0 Å². The highest BCUT2D eigenvalue weighted by Gasteiger charge is 2.34. The smallest absolute Gasteiger partial charge is 0.338 e. The lowest BCUT2D eigenvalue weighted by atomic mass is 10.2. The highest BCUT2D eigenvalue weighted by Crippen LogP contribution is 2.28. The van der Waals surface area contributed by atoms with Gasteiger partial charge in [-0.15, -0.1) is 0 Å². The van der Waals surface area contributed by atoms with Crippen LogP contribution in [0.15, 0.2) is 23.1 Å². The summed E-state index contributed by atoms with van der Waals surface area (Å²) >= 11 is 6.12. The largest absolute Gasteiger partial charge is 0.452 e. The fourth-order valence-electron chi connectivity index (χ4n) is 4.03. The highest BCUT2D eigenvalue weighted by atomic mass is 35.5. The SMILES string of the molecule is CCN(C(=O)COC(=O)c1ccc(Cl)c(S(=O)(=O)N2CCCCC2)c1)[C@H]1CCS(=O)(=O)C1. The molecule has 1 atom stereocenters. The summed E-state index contributed by atoms with van der Waals surface area (Å²) in [6.07, 6.45) is 2.83. The number of piperidine rings is 1. The Labute approximate surface area is 193 Å². The summed E-state index contributed by atoms with van der Waals surface area (Å²) in [6, 6.07) is 3.39. The number of sulfone groups is 1. The van der Waals surface area contributed by atoms with E-state index in [1.807, 2.05) is 0 Å². The number of ether oxygens (including phenoxy) is 1. The number of benzene rings is 1. The van der Waals surface area contributed by atoms with E-state index >= 15 is 0 Å². The van der Waals surface area contributed by atoms with Gasteiger partial charge in [-0.2, -0.15) is 4.31 Å². The zero-order valence-electron chi connectivity index (χ0n) is 17.8. The van der Waals surface area contributed by atoms with Crippen LogP contribution in [-0.2, 0) is 29.4 Å². The van der Waals surface area contributed by atoms with Crippen LogP contribution in [0, 0.1) is 0 Å². The van der Waals surface area contributed by atoms with E-state index in [0.717, 1.165) is 19.3 Å². The van der Waals surface area contributed by atoms with Gasteiger partial charge in [-0.05, 0) is 44.4 Å². The Morgan fingerprint density at radius 3 is 2.50 bits per heavy atom. The average molecular weight is 507 g/mol. The standard InChI is InChI=1S/C20H27ClN2O7S2/c1-2-23(16-8-11-31(26,27)14-16)19(24)13-30-20(25)15-6-7-17(21)18(12-15)32(28,29)22-9-4-3-5-10-22/h6-7,12,16H,2-5,8-11,13-14H2,1H3/t16-/m0/s1. The van der Waals surface area contributed by atoms with Crippen molar-refractivity contribution in [2.75, 3.05) is 37.7 Å². The summed E-state index contributed by atoms with van der Waals surface area (Å²) in [5, 5.41) is 0.00259. The lowest BCUT2D eigenvalue weighted by Crippen LogP contribution is -2.43. The van der Waals surface area contributed by atoms with Crippen molar-refractivity contribution in [1.82, 2.24) is 9.21 Å². The third-order valence-electron chi connectivity index (χ3n) is 5.74. The highest BCUT2D eigenvalue weighted by molar-refractivity contribution is 7.91. The molecule has 0 aromatic heterocycles. The molecule has 12 heteroatoms. The number of amides is 1. The molecule has 2 fully saturated rings.